The van der Waals surface area contributed by atoms with Gasteiger partial charge in [0.15, 0.2) is 0 Å². The average molecular weight is 337 g/mol. The van der Waals surface area contributed by atoms with Gasteiger partial charge in [-0.2, -0.15) is 0 Å². The van der Waals surface area contributed by atoms with Crippen LogP contribution in [0.3, 0.4) is 0 Å². The van der Waals surface area contributed by atoms with Gasteiger partial charge in [0.05, 0.1) is 5.02 Å². The maximum absolute atomic E-state index is 12.1. The van der Waals surface area contributed by atoms with Crippen LogP contribution < -0.4 is 10.6 Å². The third-order valence-corrected chi connectivity index (χ3v) is 5.60. The fourth-order valence-corrected chi connectivity index (χ4v) is 3.67. The van der Waals surface area contributed by atoms with Crippen molar-refractivity contribution >= 4 is 41.3 Å². The largest absolute Gasteiger partial charge is 0.350 e. The van der Waals surface area contributed by atoms with E-state index in [1.807, 2.05) is 12.3 Å². The van der Waals surface area contributed by atoms with E-state index < -0.39 is 0 Å². The Balaban J connectivity index is 0.00000200. The smallest absolute Gasteiger partial charge is 0.262 e. The molecule has 1 aromatic rings. The molecule has 1 aliphatic rings. The maximum Gasteiger partial charge on any atom is 0.262 e. The Hall–Kier alpha value is -0.290. The van der Waals surface area contributed by atoms with Gasteiger partial charge in [0.2, 0.25) is 0 Å². The second-order valence-electron chi connectivity index (χ2n) is 5.87. The third kappa shape index (κ3) is 3.88. The molecule has 3 nitrogen and oxygen atoms in total. The van der Waals surface area contributed by atoms with E-state index in [0.717, 1.165) is 12.1 Å². The molecular weight excluding hydrogens is 315 g/mol. The number of piperidine rings is 1. The minimum atomic E-state index is -0.0636. The fraction of sp³-hybridized carbons (Fsp3) is 0.643. The zero-order chi connectivity index (χ0) is 14.0. The summed E-state index contributed by atoms with van der Waals surface area (Å²) in [6.45, 7) is 8.10. The van der Waals surface area contributed by atoms with Crippen LogP contribution in [0.1, 0.15) is 41.9 Å². The summed E-state index contributed by atoms with van der Waals surface area (Å²) in [6.07, 6.45) is 2.40. The molecule has 114 valence electrons. The summed E-state index contributed by atoms with van der Waals surface area (Å²) in [7, 11) is 0. The highest BCUT2D eigenvalue weighted by Crippen LogP contribution is 2.30. The summed E-state index contributed by atoms with van der Waals surface area (Å²) in [6, 6.07) is 0.324. The second-order valence-corrected chi connectivity index (χ2v) is 7.13. The molecule has 1 fully saturated rings. The van der Waals surface area contributed by atoms with Crippen molar-refractivity contribution in [1.82, 2.24) is 10.6 Å². The van der Waals surface area contributed by atoms with Crippen molar-refractivity contribution in [1.29, 1.82) is 0 Å². The number of hydrogen-bond acceptors (Lipinski definition) is 3. The number of thiophene rings is 1. The zero-order valence-electron chi connectivity index (χ0n) is 12.1. The highest BCUT2D eigenvalue weighted by atomic mass is 35.5. The summed E-state index contributed by atoms with van der Waals surface area (Å²) in [5.74, 6) is -0.0636. The molecule has 0 aliphatic carbocycles. The highest BCUT2D eigenvalue weighted by Gasteiger charge is 2.32. The van der Waals surface area contributed by atoms with Gasteiger partial charge in [-0.15, -0.1) is 23.7 Å². The molecule has 1 atom stereocenters. The average Bonchev–Trinajstić information content (AvgIpc) is 2.68. The van der Waals surface area contributed by atoms with Crippen molar-refractivity contribution in [2.45, 2.75) is 39.7 Å². The van der Waals surface area contributed by atoms with Crippen molar-refractivity contribution in [3.8, 4) is 0 Å². The minimum absolute atomic E-state index is 0. The third-order valence-electron chi connectivity index (χ3n) is 3.90. The molecule has 1 amide bonds. The number of carbonyl (C=O) groups excluding carboxylic acids is 1. The quantitative estimate of drug-likeness (QED) is 0.884. The van der Waals surface area contributed by atoms with Crippen LogP contribution in [-0.2, 0) is 0 Å². The van der Waals surface area contributed by atoms with Crippen molar-refractivity contribution in [2.75, 3.05) is 13.1 Å². The molecule has 1 unspecified atom stereocenters. The monoisotopic (exact) mass is 336 g/mol. The first-order chi connectivity index (χ1) is 8.92. The van der Waals surface area contributed by atoms with E-state index in [2.05, 4.69) is 24.5 Å². The lowest BCUT2D eigenvalue weighted by Crippen LogP contribution is -2.52. The lowest BCUT2D eigenvalue weighted by Gasteiger charge is -2.39. The van der Waals surface area contributed by atoms with Crippen LogP contribution in [0.2, 0.25) is 5.02 Å². The Kier molecular flexibility index (Phi) is 6.32. The first kappa shape index (κ1) is 17.8. The molecule has 20 heavy (non-hydrogen) atoms. The van der Waals surface area contributed by atoms with E-state index >= 15 is 0 Å². The SMILES string of the molecule is Cc1csc(C(=O)NCC2NCCCC2(C)C)c1Cl.Cl. The van der Waals surface area contributed by atoms with Crippen LogP contribution in [0.5, 0.6) is 0 Å². The topological polar surface area (TPSA) is 41.1 Å². The summed E-state index contributed by atoms with van der Waals surface area (Å²) in [5, 5.41) is 8.99. The Bertz CT molecular complexity index is 474. The molecule has 0 radical (unpaired) electrons. The van der Waals surface area contributed by atoms with Gasteiger partial charge in [-0.1, -0.05) is 25.4 Å². The first-order valence-electron chi connectivity index (χ1n) is 6.67. The van der Waals surface area contributed by atoms with Gasteiger partial charge in [0.1, 0.15) is 4.88 Å². The first-order valence-corrected chi connectivity index (χ1v) is 7.93. The molecular formula is C14H22Cl2N2OS. The molecule has 0 bridgehead atoms. The molecule has 2 rings (SSSR count). The fourth-order valence-electron chi connectivity index (χ4n) is 2.48. The summed E-state index contributed by atoms with van der Waals surface area (Å²) >= 11 is 7.52. The number of rotatable bonds is 3. The van der Waals surface area contributed by atoms with Crippen LogP contribution in [0.15, 0.2) is 5.38 Å². The Morgan fingerprint density at radius 1 is 1.60 bits per heavy atom. The number of carbonyl (C=O) groups is 1. The molecule has 2 N–H and O–H groups in total. The van der Waals surface area contributed by atoms with Gasteiger partial charge in [0, 0.05) is 12.6 Å². The van der Waals surface area contributed by atoms with Crippen molar-refractivity contribution in [3.05, 3.63) is 20.8 Å². The van der Waals surface area contributed by atoms with Gasteiger partial charge < -0.3 is 10.6 Å². The predicted molar refractivity (Wildman–Crippen MR) is 88.5 cm³/mol. The molecule has 0 spiro atoms. The van der Waals surface area contributed by atoms with Gasteiger partial charge in [0.25, 0.3) is 5.91 Å². The van der Waals surface area contributed by atoms with Crippen LogP contribution in [0.4, 0.5) is 0 Å². The predicted octanol–water partition coefficient (Wildman–Crippen LogP) is 3.64. The van der Waals surface area contributed by atoms with Crippen LogP contribution in [-0.4, -0.2) is 25.0 Å². The van der Waals surface area contributed by atoms with Crippen LogP contribution in [0, 0.1) is 12.3 Å². The standard InChI is InChI=1S/C14H21ClN2OS.ClH/c1-9-8-19-12(11(9)15)13(18)17-7-10-14(2,3)5-4-6-16-10;/h8,10,16H,4-7H2,1-3H3,(H,17,18);1H. The van der Waals surface area contributed by atoms with E-state index in [0.29, 0.717) is 22.5 Å². The van der Waals surface area contributed by atoms with Crippen molar-refractivity contribution in [2.24, 2.45) is 5.41 Å². The highest BCUT2D eigenvalue weighted by molar-refractivity contribution is 7.13. The Labute approximate surface area is 135 Å². The van der Waals surface area contributed by atoms with E-state index in [1.54, 1.807) is 0 Å². The number of aryl methyl sites for hydroxylation is 1. The molecule has 0 saturated carbocycles. The van der Waals surface area contributed by atoms with Gasteiger partial charge in [-0.05, 0) is 42.7 Å². The van der Waals surface area contributed by atoms with E-state index in [4.69, 9.17) is 11.6 Å². The lowest BCUT2D eigenvalue weighted by molar-refractivity contribution is 0.0933. The molecule has 1 saturated heterocycles. The van der Waals surface area contributed by atoms with E-state index in [1.165, 1.54) is 24.2 Å². The van der Waals surface area contributed by atoms with Crippen LogP contribution >= 0.6 is 35.3 Å². The molecule has 1 aliphatic heterocycles. The Morgan fingerprint density at radius 3 is 2.85 bits per heavy atom. The van der Waals surface area contributed by atoms with E-state index in [9.17, 15) is 4.79 Å². The van der Waals surface area contributed by atoms with Gasteiger partial charge in [-0.25, -0.2) is 0 Å². The molecule has 0 aromatic carbocycles. The van der Waals surface area contributed by atoms with Crippen LogP contribution in [0.25, 0.3) is 0 Å². The maximum atomic E-state index is 12.1. The second kappa shape index (κ2) is 7.12. The summed E-state index contributed by atoms with van der Waals surface area (Å²) in [4.78, 5) is 12.7. The Morgan fingerprint density at radius 2 is 2.30 bits per heavy atom. The molecule has 6 heteroatoms. The minimum Gasteiger partial charge on any atom is -0.350 e. The number of nitrogens with one attached hydrogen (secondary N) is 2. The number of halogens is 2. The molecule has 1 aromatic heterocycles. The number of hydrogen-bond donors (Lipinski definition) is 2. The van der Waals surface area contributed by atoms with E-state index in [-0.39, 0.29) is 23.7 Å². The summed E-state index contributed by atoms with van der Waals surface area (Å²) in [5.41, 5.74) is 1.19. The van der Waals surface area contributed by atoms with Crippen molar-refractivity contribution < 1.29 is 4.79 Å². The number of amides is 1. The lowest BCUT2D eigenvalue weighted by atomic mass is 9.77. The molecule has 2 heterocycles. The zero-order valence-corrected chi connectivity index (χ0v) is 14.5. The van der Waals surface area contributed by atoms with Gasteiger partial charge in [-0.3, -0.25) is 4.79 Å². The van der Waals surface area contributed by atoms with Crippen molar-refractivity contribution in [3.63, 3.8) is 0 Å². The normalized spacial score (nSPS) is 21.1. The van der Waals surface area contributed by atoms with Gasteiger partial charge >= 0.3 is 0 Å². The summed E-state index contributed by atoms with van der Waals surface area (Å²) < 4.78 is 0.